The van der Waals surface area contributed by atoms with E-state index in [2.05, 4.69) is 15.3 Å². The molecule has 0 aliphatic rings. The zero-order valence-corrected chi connectivity index (χ0v) is 18.3. The van der Waals surface area contributed by atoms with Crippen LogP contribution in [0.1, 0.15) is 10.4 Å². The molecule has 0 bridgehead atoms. The van der Waals surface area contributed by atoms with Crippen LogP contribution in [0, 0.1) is 0 Å². The van der Waals surface area contributed by atoms with Gasteiger partial charge >= 0.3 is 0 Å². The second kappa shape index (κ2) is 9.00. The van der Waals surface area contributed by atoms with Crippen LogP contribution in [-0.2, 0) is 0 Å². The summed E-state index contributed by atoms with van der Waals surface area (Å²) in [6.07, 6.45) is 1.31. The molecule has 3 N–H and O–H groups in total. The van der Waals surface area contributed by atoms with Crippen LogP contribution in [0.4, 0.5) is 11.5 Å². The summed E-state index contributed by atoms with van der Waals surface area (Å²) in [6.45, 7) is 1.08. The average molecular weight is 456 g/mol. The lowest BCUT2D eigenvalue weighted by Crippen LogP contribution is -2.19. The Morgan fingerprint density at radius 3 is 2.69 bits per heavy atom. The van der Waals surface area contributed by atoms with Crippen molar-refractivity contribution < 1.29 is 14.3 Å². The fourth-order valence-electron chi connectivity index (χ4n) is 2.50. The average Bonchev–Trinajstić information content (AvgIpc) is 3.12. The Balaban J connectivity index is 1.94. The standard InChI is InChI=1S/C18H19Cl2N5O3S/c1-25(2)4-5-28-11-6-10(27-3)12(19)15(13(11)20)24-18(26)9-7-29-16-14(9)22-8-23-17(16)21/h6-8H,4-5H2,1-3H3,(H,24,26)(H2,21,22,23). The summed E-state index contributed by atoms with van der Waals surface area (Å²) in [7, 11) is 5.33. The lowest BCUT2D eigenvalue weighted by Gasteiger charge is -2.17. The normalized spacial score (nSPS) is 11.1. The number of hydrogen-bond donors (Lipinski definition) is 2. The van der Waals surface area contributed by atoms with Crippen molar-refractivity contribution in [3.8, 4) is 11.5 Å². The van der Waals surface area contributed by atoms with Crippen LogP contribution in [0.2, 0.25) is 10.0 Å². The molecule has 0 spiro atoms. The Morgan fingerprint density at radius 1 is 1.28 bits per heavy atom. The molecule has 0 unspecified atom stereocenters. The van der Waals surface area contributed by atoms with E-state index in [-0.39, 0.29) is 15.7 Å². The van der Waals surface area contributed by atoms with E-state index in [1.165, 1.54) is 24.8 Å². The number of nitrogens with one attached hydrogen (secondary N) is 1. The summed E-state index contributed by atoms with van der Waals surface area (Å²) in [5.74, 6) is 0.554. The molecule has 3 rings (SSSR count). The van der Waals surface area contributed by atoms with E-state index in [1.807, 2.05) is 19.0 Å². The number of rotatable bonds is 7. The van der Waals surface area contributed by atoms with Gasteiger partial charge in [-0.25, -0.2) is 9.97 Å². The van der Waals surface area contributed by atoms with Crippen LogP contribution in [0.25, 0.3) is 10.2 Å². The van der Waals surface area contributed by atoms with Gasteiger partial charge in [-0.2, -0.15) is 0 Å². The molecule has 3 aromatic rings. The van der Waals surface area contributed by atoms with Crippen molar-refractivity contribution in [3.63, 3.8) is 0 Å². The molecule has 29 heavy (non-hydrogen) atoms. The molecule has 0 atom stereocenters. The number of nitrogen functional groups attached to an aromatic ring is 1. The highest BCUT2D eigenvalue weighted by molar-refractivity contribution is 7.18. The van der Waals surface area contributed by atoms with Crippen molar-refractivity contribution in [1.82, 2.24) is 14.9 Å². The van der Waals surface area contributed by atoms with Gasteiger partial charge in [-0.1, -0.05) is 23.2 Å². The second-order valence-electron chi connectivity index (χ2n) is 6.27. The number of benzene rings is 1. The molecule has 2 heterocycles. The van der Waals surface area contributed by atoms with Gasteiger partial charge < -0.3 is 25.4 Å². The predicted molar refractivity (Wildman–Crippen MR) is 117 cm³/mol. The quantitative estimate of drug-likeness (QED) is 0.558. The Kier molecular flexibility index (Phi) is 6.63. The molecule has 0 aliphatic carbocycles. The fourth-order valence-corrected chi connectivity index (χ4v) is 3.98. The van der Waals surface area contributed by atoms with Crippen LogP contribution in [0.3, 0.4) is 0 Å². The number of methoxy groups -OCH3 is 1. The van der Waals surface area contributed by atoms with E-state index in [1.54, 1.807) is 11.4 Å². The van der Waals surface area contributed by atoms with E-state index in [4.69, 9.17) is 38.4 Å². The maximum Gasteiger partial charge on any atom is 0.258 e. The monoisotopic (exact) mass is 455 g/mol. The first-order chi connectivity index (χ1) is 13.8. The van der Waals surface area contributed by atoms with E-state index in [9.17, 15) is 4.79 Å². The lowest BCUT2D eigenvalue weighted by molar-refractivity contribution is 0.102. The number of halogens is 2. The number of likely N-dealkylation sites (N-methyl/N-ethyl adjacent to an activating group) is 1. The number of anilines is 2. The SMILES string of the molecule is COc1cc(OCCN(C)C)c(Cl)c(NC(=O)c2csc3c(N)ncnc23)c1Cl. The Bertz CT molecular complexity index is 1060. The maximum atomic E-state index is 12.9. The molecule has 0 saturated heterocycles. The minimum atomic E-state index is -0.439. The van der Waals surface area contributed by atoms with Crippen molar-refractivity contribution in [3.05, 3.63) is 33.4 Å². The van der Waals surface area contributed by atoms with Gasteiger partial charge in [0.25, 0.3) is 5.91 Å². The van der Waals surface area contributed by atoms with Gasteiger partial charge in [0.2, 0.25) is 0 Å². The molecular weight excluding hydrogens is 437 g/mol. The molecule has 0 fully saturated rings. The summed E-state index contributed by atoms with van der Waals surface area (Å²) >= 11 is 14.1. The number of amides is 1. The van der Waals surface area contributed by atoms with E-state index in [0.717, 1.165) is 0 Å². The molecule has 8 nitrogen and oxygen atoms in total. The second-order valence-corrected chi connectivity index (χ2v) is 7.91. The molecule has 1 amide bonds. The van der Waals surface area contributed by atoms with Crippen molar-refractivity contribution in [2.75, 3.05) is 45.4 Å². The minimum absolute atomic E-state index is 0.166. The van der Waals surface area contributed by atoms with E-state index < -0.39 is 5.91 Å². The minimum Gasteiger partial charge on any atom is -0.495 e. The Morgan fingerprint density at radius 2 is 2.00 bits per heavy atom. The zero-order chi connectivity index (χ0) is 21.1. The number of fused-ring (bicyclic) bond motifs is 1. The number of carbonyl (C=O) groups is 1. The third kappa shape index (κ3) is 4.48. The summed E-state index contributed by atoms with van der Waals surface area (Å²) < 4.78 is 11.7. The number of aromatic nitrogens is 2. The summed E-state index contributed by atoms with van der Waals surface area (Å²) in [4.78, 5) is 23.0. The van der Waals surface area contributed by atoms with E-state index >= 15 is 0 Å². The van der Waals surface area contributed by atoms with Crippen molar-refractivity contribution in [1.29, 1.82) is 0 Å². The van der Waals surface area contributed by atoms with Gasteiger partial charge in [0.1, 0.15) is 40.3 Å². The third-order valence-corrected chi connectivity index (χ3v) is 5.76. The number of hydrogen-bond acceptors (Lipinski definition) is 8. The van der Waals surface area contributed by atoms with Gasteiger partial charge in [0.15, 0.2) is 0 Å². The Labute approximate surface area is 181 Å². The maximum absolute atomic E-state index is 12.9. The topological polar surface area (TPSA) is 103 Å². The zero-order valence-electron chi connectivity index (χ0n) is 16.0. The van der Waals surface area contributed by atoms with Gasteiger partial charge in [0, 0.05) is 18.0 Å². The third-order valence-electron chi connectivity index (χ3n) is 4.01. The number of carbonyl (C=O) groups excluding carboxylic acids is 1. The van der Waals surface area contributed by atoms with Gasteiger partial charge in [-0.05, 0) is 14.1 Å². The first-order valence-electron chi connectivity index (χ1n) is 8.46. The number of nitrogens with two attached hydrogens (primary N) is 1. The molecule has 11 heteroatoms. The van der Waals surface area contributed by atoms with Crippen LogP contribution in [0.5, 0.6) is 11.5 Å². The van der Waals surface area contributed by atoms with E-state index in [0.29, 0.717) is 46.2 Å². The molecule has 1 aromatic carbocycles. The van der Waals surface area contributed by atoms with Gasteiger partial charge in [-0.15, -0.1) is 11.3 Å². The molecular formula is C18H19Cl2N5O3S. The molecule has 0 radical (unpaired) electrons. The number of nitrogens with zero attached hydrogens (tertiary/aromatic N) is 3. The molecule has 154 valence electrons. The first-order valence-corrected chi connectivity index (χ1v) is 10.1. The summed E-state index contributed by atoms with van der Waals surface area (Å²) in [6, 6.07) is 1.59. The van der Waals surface area contributed by atoms with Gasteiger partial charge in [-0.3, -0.25) is 4.79 Å². The summed E-state index contributed by atoms with van der Waals surface area (Å²) in [5.41, 5.74) is 6.83. The van der Waals surface area contributed by atoms with Crippen molar-refractivity contribution >= 4 is 62.2 Å². The summed E-state index contributed by atoms with van der Waals surface area (Å²) in [5, 5.41) is 4.74. The Hall–Kier alpha value is -2.33. The van der Waals surface area contributed by atoms with Crippen molar-refractivity contribution in [2.45, 2.75) is 0 Å². The van der Waals surface area contributed by atoms with Crippen LogP contribution >= 0.6 is 34.5 Å². The smallest absolute Gasteiger partial charge is 0.258 e. The molecule has 0 aliphatic heterocycles. The van der Waals surface area contributed by atoms with Gasteiger partial charge in [0.05, 0.1) is 28.6 Å². The fraction of sp³-hybridized carbons (Fsp3) is 0.278. The highest BCUT2D eigenvalue weighted by Gasteiger charge is 2.22. The lowest BCUT2D eigenvalue weighted by atomic mass is 10.2. The van der Waals surface area contributed by atoms with Crippen molar-refractivity contribution in [2.24, 2.45) is 0 Å². The number of thiophene rings is 1. The molecule has 2 aromatic heterocycles. The molecule has 0 saturated carbocycles. The van der Waals surface area contributed by atoms with Crippen LogP contribution < -0.4 is 20.5 Å². The highest BCUT2D eigenvalue weighted by Crippen LogP contribution is 2.44. The largest absolute Gasteiger partial charge is 0.495 e. The predicted octanol–water partition coefficient (Wildman–Crippen LogP) is 3.78. The van der Waals surface area contributed by atoms with Crippen LogP contribution in [-0.4, -0.2) is 55.1 Å². The van der Waals surface area contributed by atoms with Crippen LogP contribution in [0.15, 0.2) is 17.8 Å². The first kappa shape index (κ1) is 21.4. The highest BCUT2D eigenvalue weighted by atomic mass is 35.5. The number of ether oxygens (including phenoxy) is 2.